The maximum Gasteiger partial charge on any atom is 0.338 e. The highest BCUT2D eigenvalue weighted by molar-refractivity contribution is 7.89. The third-order valence-corrected chi connectivity index (χ3v) is 5.67. The van der Waals surface area contributed by atoms with Gasteiger partial charge in [0.1, 0.15) is 0 Å². The van der Waals surface area contributed by atoms with Gasteiger partial charge in [-0.2, -0.15) is 0 Å². The largest absolute Gasteiger partial charge is 0.451 e. The molecule has 0 radical (unpaired) electrons. The lowest BCUT2D eigenvalue weighted by Gasteiger charge is -2.15. The van der Waals surface area contributed by atoms with Crippen LogP contribution in [0, 0.1) is 0 Å². The summed E-state index contributed by atoms with van der Waals surface area (Å²) >= 11 is 5.79. The van der Waals surface area contributed by atoms with Crippen molar-refractivity contribution in [1.29, 1.82) is 0 Å². The van der Waals surface area contributed by atoms with Crippen molar-refractivity contribution in [3.05, 3.63) is 64.7 Å². The maximum atomic E-state index is 12.3. The predicted molar refractivity (Wildman–Crippen MR) is 99.1 cm³/mol. The molecule has 0 aliphatic heterocycles. The normalized spacial score (nSPS) is 12.6. The molecule has 1 atom stereocenters. The summed E-state index contributed by atoms with van der Waals surface area (Å²) in [6.07, 6.45) is -1.06. The molecule has 2 aromatic carbocycles. The minimum Gasteiger partial charge on any atom is -0.451 e. The number of hydrogen-bond donors (Lipinski definition) is 0. The summed E-state index contributed by atoms with van der Waals surface area (Å²) in [5, 5.41) is 0.482. The number of sulfonamides is 1. The SMILES string of the molecule is CON(C)S(=O)(=O)c1cccc(C(=O)O[C@@H](C)C(=O)c2ccc(Cl)cc2)c1. The lowest BCUT2D eigenvalue weighted by atomic mass is 10.1. The fraction of sp³-hybridized carbons (Fsp3) is 0.222. The highest BCUT2D eigenvalue weighted by Crippen LogP contribution is 2.18. The Morgan fingerprint density at radius 1 is 1.07 bits per heavy atom. The van der Waals surface area contributed by atoms with Crippen molar-refractivity contribution >= 4 is 33.4 Å². The quantitative estimate of drug-likeness (QED) is 0.395. The summed E-state index contributed by atoms with van der Waals surface area (Å²) < 4.78 is 30.4. The lowest BCUT2D eigenvalue weighted by Crippen LogP contribution is -2.26. The van der Waals surface area contributed by atoms with Gasteiger partial charge in [-0.1, -0.05) is 22.1 Å². The summed E-state index contributed by atoms with van der Waals surface area (Å²) in [6, 6.07) is 11.5. The van der Waals surface area contributed by atoms with E-state index in [1.807, 2.05) is 0 Å². The second-order valence-electron chi connectivity index (χ2n) is 5.54. The van der Waals surface area contributed by atoms with Gasteiger partial charge >= 0.3 is 5.97 Å². The number of rotatable bonds is 7. The van der Waals surface area contributed by atoms with Crippen LogP contribution in [0.5, 0.6) is 0 Å². The second kappa shape index (κ2) is 8.62. The lowest BCUT2D eigenvalue weighted by molar-refractivity contribution is -0.0258. The molecule has 0 N–H and O–H groups in total. The molecule has 0 saturated heterocycles. The van der Waals surface area contributed by atoms with Crippen LogP contribution in [0.1, 0.15) is 27.6 Å². The Hall–Kier alpha value is -2.26. The van der Waals surface area contributed by atoms with Crippen LogP contribution < -0.4 is 0 Å². The van der Waals surface area contributed by atoms with Crippen LogP contribution in [-0.4, -0.2) is 44.9 Å². The monoisotopic (exact) mass is 411 g/mol. The van der Waals surface area contributed by atoms with Gasteiger partial charge < -0.3 is 4.74 Å². The first-order valence-corrected chi connectivity index (χ1v) is 9.62. The molecule has 0 fully saturated rings. The molecule has 2 aromatic rings. The van der Waals surface area contributed by atoms with Crippen molar-refractivity contribution in [2.75, 3.05) is 14.2 Å². The van der Waals surface area contributed by atoms with Crippen LogP contribution in [0.4, 0.5) is 0 Å². The highest BCUT2D eigenvalue weighted by atomic mass is 35.5. The fourth-order valence-corrected chi connectivity index (χ4v) is 3.31. The van der Waals surface area contributed by atoms with Crippen molar-refractivity contribution in [3.8, 4) is 0 Å². The van der Waals surface area contributed by atoms with E-state index < -0.39 is 27.9 Å². The van der Waals surface area contributed by atoms with E-state index in [2.05, 4.69) is 0 Å². The summed E-state index contributed by atoms with van der Waals surface area (Å²) in [5.41, 5.74) is 0.342. The third kappa shape index (κ3) is 4.92. The Labute approximate surface area is 162 Å². The summed E-state index contributed by atoms with van der Waals surface area (Å²) in [4.78, 5) is 29.2. The van der Waals surface area contributed by atoms with Gasteiger partial charge in [-0.15, -0.1) is 0 Å². The first-order chi connectivity index (χ1) is 12.7. The Bertz CT molecular complexity index is 943. The summed E-state index contributed by atoms with van der Waals surface area (Å²) in [7, 11) is -1.48. The summed E-state index contributed by atoms with van der Waals surface area (Å²) in [5.74, 6) is -1.22. The number of ketones is 1. The smallest absolute Gasteiger partial charge is 0.338 e. The van der Waals surface area contributed by atoms with E-state index in [4.69, 9.17) is 21.2 Å². The van der Waals surface area contributed by atoms with E-state index in [0.717, 1.165) is 6.07 Å². The molecule has 0 bridgehead atoms. The standard InChI is InChI=1S/C18H18ClNO6S/c1-12(17(21)13-7-9-15(19)10-8-13)26-18(22)14-5-4-6-16(11-14)27(23,24)20(2)25-3/h4-12H,1-3H3/t12-/m0/s1. The molecule has 0 spiro atoms. The molecule has 0 saturated carbocycles. The second-order valence-corrected chi connectivity index (χ2v) is 7.92. The van der Waals surface area contributed by atoms with Crippen molar-refractivity contribution in [3.63, 3.8) is 0 Å². The molecule has 0 unspecified atom stereocenters. The Morgan fingerprint density at radius 3 is 2.30 bits per heavy atom. The number of Topliss-reactive ketones (excluding diaryl/α,β-unsaturated/α-hetero) is 1. The van der Waals surface area contributed by atoms with Crippen LogP contribution in [0.15, 0.2) is 53.4 Å². The number of halogens is 1. The fourth-order valence-electron chi connectivity index (χ4n) is 2.16. The number of nitrogens with zero attached hydrogens (tertiary/aromatic N) is 1. The number of carbonyl (C=O) groups excluding carboxylic acids is 2. The predicted octanol–water partition coefficient (Wildman–Crippen LogP) is 2.95. The van der Waals surface area contributed by atoms with E-state index in [1.54, 1.807) is 12.1 Å². The molecule has 0 aliphatic rings. The molecule has 0 heterocycles. The molecular weight excluding hydrogens is 394 g/mol. The molecule has 7 nitrogen and oxygen atoms in total. The molecular formula is C18H18ClNO6S. The zero-order chi connectivity index (χ0) is 20.2. The van der Waals surface area contributed by atoms with Gasteiger partial charge in [0.2, 0.25) is 5.78 Å². The number of ether oxygens (including phenoxy) is 1. The van der Waals surface area contributed by atoms with Gasteiger partial charge in [0.15, 0.2) is 6.10 Å². The molecule has 0 aromatic heterocycles. The van der Waals surface area contributed by atoms with Gasteiger partial charge in [0.25, 0.3) is 10.0 Å². The molecule has 9 heteroatoms. The third-order valence-electron chi connectivity index (χ3n) is 3.74. The van der Waals surface area contributed by atoms with Crippen LogP contribution >= 0.6 is 11.6 Å². The number of esters is 1. The van der Waals surface area contributed by atoms with E-state index in [1.165, 1.54) is 51.4 Å². The van der Waals surface area contributed by atoms with Gasteiger partial charge in [-0.3, -0.25) is 9.63 Å². The van der Waals surface area contributed by atoms with Gasteiger partial charge in [-0.05, 0) is 49.4 Å². The van der Waals surface area contributed by atoms with Crippen molar-refractivity contribution < 1.29 is 27.6 Å². The maximum absolute atomic E-state index is 12.3. The topological polar surface area (TPSA) is 90.0 Å². The Morgan fingerprint density at radius 2 is 1.70 bits per heavy atom. The molecule has 27 heavy (non-hydrogen) atoms. The molecule has 144 valence electrons. The average molecular weight is 412 g/mol. The zero-order valence-electron chi connectivity index (χ0n) is 14.9. The van der Waals surface area contributed by atoms with Crippen LogP contribution in [-0.2, 0) is 19.6 Å². The van der Waals surface area contributed by atoms with E-state index in [0.29, 0.717) is 15.1 Å². The van der Waals surface area contributed by atoms with Crippen LogP contribution in [0.25, 0.3) is 0 Å². The Kier molecular flexibility index (Phi) is 6.72. The minimum atomic E-state index is -3.91. The van der Waals surface area contributed by atoms with Crippen LogP contribution in [0.3, 0.4) is 0 Å². The van der Waals surface area contributed by atoms with Gasteiger partial charge in [-0.25, -0.2) is 13.2 Å². The molecule has 2 rings (SSSR count). The summed E-state index contributed by atoms with van der Waals surface area (Å²) in [6.45, 7) is 1.44. The number of hydroxylamine groups is 1. The van der Waals surface area contributed by atoms with Gasteiger partial charge in [0.05, 0.1) is 17.6 Å². The Balaban J connectivity index is 2.17. The van der Waals surface area contributed by atoms with Crippen molar-refractivity contribution in [2.24, 2.45) is 0 Å². The zero-order valence-corrected chi connectivity index (χ0v) is 16.5. The van der Waals surface area contributed by atoms with E-state index in [-0.39, 0.29) is 10.5 Å². The number of benzene rings is 2. The van der Waals surface area contributed by atoms with Crippen molar-refractivity contribution in [1.82, 2.24) is 4.47 Å². The highest BCUT2D eigenvalue weighted by Gasteiger charge is 2.24. The average Bonchev–Trinajstić information content (AvgIpc) is 2.67. The molecule has 0 amide bonds. The molecule has 0 aliphatic carbocycles. The van der Waals surface area contributed by atoms with E-state index in [9.17, 15) is 18.0 Å². The van der Waals surface area contributed by atoms with Crippen molar-refractivity contribution in [2.45, 2.75) is 17.9 Å². The first-order valence-electron chi connectivity index (χ1n) is 7.80. The van der Waals surface area contributed by atoms with Crippen LogP contribution in [0.2, 0.25) is 5.02 Å². The number of hydrogen-bond acceptors (Lipinski definition) is 6. The first kappa shape index (κ1) is 21.0. The minimum absolute atomic E-state index is 0.00339. The van der Waals surface area contributed by atoms with Gasteiger partial charge in [0, 0.05) is 17.6 Å². The number of carbonyl (C=O) groups is 2. The van der Waals surface area contributed by atoms with E-state index >= 15 is 0 Å².